The molecule has 2 saturated heterocycles. The van der Waals surface area contributed by atoms with Gasteiger partial charge in [0.15, 0.2) is 6.79 Å². The topological polar surface area (TPSA) is 94.2 Å². The molecule has 2 aliphatic rings. The first-order valence-corrected chi connectivity index (χ1v) is 13.6. The minimum Gasteiger partial charge on any atom is -0.491 e. The van der Waals surface area contributed by atoms with Gasteiger partial charge >= 0.3 is 12.1 Å². The Hall–Kier alpha value is -4.00. The lowest BCUT2D eigenvalue weighted by Gasteiger charge is -2.40. The van der Waals surface area contributed by atoms with Gasteiger partial charge in [-0.25, -0.2) is 4.79 Å². The number of benzene rings is 3. The first-order valence-electron chi connectivity index (χ1n) is 13.6. The minimum atomic E-state index is -4.77. The lowest BCUT2D eigenvalue weighted by molar-refractivity contribution is -0.162. The maximum atomic E-state index is 13.8. The van der Waals surface area contributed by atoms with Gasteiger partial charge in [-0.2, -0.15) is 13.2 Å². The summed E-state index contributed by atoms with van der Waals surface area (Å²) in [6.45, 7) is 4.61. The van der Waals surface area contributed by atoms with Crippen LogP contribution < -0.4 is 23.7 Å². The van der Waals surface area contributed by atoms with E-state index >= 15 is 0 Å². The summed E-state index contributed by atoms with van der Waals surface area (Å²) in [6, 6.07) is 15.5. The Morgan fingerprint density at radius 3 is 2.05 bits per heavy atom. The third kappa shape index (κ3) is 8.53. The molecule has 230 valence electrons. The van der Waals surface area contributed by atoms with Crippen LogP contribution in [0.5, 0.6) is 28.7 Å². The molecule has 0 N–H and O–H groups in total. The molecule has 2 heterocycles. The molecule has 0 radical (unpaired) electrons. The maximum Gasteiger partial charge on any atom is 0.420 e. The molecule has 1 atom stereocenters. The van der Waals surface area contributed by atoms with Crippen molar-refractivity contribution >= 4 is 5.97 Å². The van der Waals surface area contributed by atoms with Gasteiger partial charge in [-0.05, 0) is 73.2 Å². The van der Waals surface area contributed by atoms with E-state index in [1.165, 1.54) is 18.2 Å². The fourth-order valence-corrected chi connectivity index (χ4v) is 4.07. The molecule has 5 rings (SSSR count). The molecule has 0 bridgehead atoms. The summed E-state index contributed by atoms with van der Waals surface area (Å²) in [6.07, 6.45) is -3.71. The van der Waals surface area contributed by atoms with Crippen LogP contribution in [0, 0.1) is 5.41 Å². The summed E-state index contributed by atoms with van der Waals surface area (Å²) in [5.74, 6) is -0.149. The molecule has 2 aliphatic heterocycles. The Bertz CT molecular complexity index is 1350. The second kappa shape index (κ2) is 13.5. The zero-order valence-electron chi connectivity index (χ0n) is 23.4. The van der Waals surface area contributed by atoms with E-state index in [4.69, 9.17) is 37.9 Å². The van der Waals surface area contributed by atoms with E-state index in [0.717, 1.165) is 12.5 Å². The predicted octanol–water partition coefficient (Wildman–Crippen LogP) is 5.90. The van der Waals surface area contributed by atoms with Crippen molar-refractivity contribution in [2.75, 3.05) is 46.6 Å². The van der Waals surface area contributed by atoms with E-state index < -0.39 is 30.3 Å². The number of epoxide rings is 1. The molecule has 2 fully saturated rings. The Labute approximate surface area is 246 Å². The summed E-state index contributed by atoms with van der Waals surface area (Å²) in [4.78, 5) is 12.6. The van der Waals surface area contributed by atoms with Gasteiger partial charge in [-0.15, -0.1) is 0 Å². The van der Waals surface area contributed by atoms with Gasteiger partial charge in [0.2, 0.25) is 6.79 Å². The van der Waals surface area contributed by atoms with Gasteiger partial charge in [-0.3, -0.25) is 0 Å². The monoisotopic (exact) mass is 604 g/mol. The summed E-state index contributed by atoms with van der Waals surface area (Å²) in [5, 5.41) is 0. The quantitative estimate of drug-likeness (QED) is 0.0691. The van der Waals surface area contributed by atoms with E-state index in [2.05, 4.69) is 6.92 Å². The third-order valence-electron chi connectivity index (χ3n) is 6.94. The Morgan fingerprint density at radius 2 is 1.47 bits per heavy atom. The Morgan fingerprint density at radius 1 is 0.860 bits per heavy atom. The number of alkyl halides is 3. The van der Waals surface area contributed by atoms with Gasteiger partial charge in [-0.1, -0.05) is 6.92 Å². The van der Waals surface area contributed by atoms with Gasteiger partial charge < -0.3 is 37.9 Å². The minimum absolute atomic E-state index is 0.0308. The molecular weight excluding hydrogens is 573 g/mol. The number of carbonyl (C=O) groups excluding carboxylic acids is 1. The highest BCUT2D eigenvalue weighted by atomic mass is 19.4. The number of esters is 1. The molecule has 3 aromatic rings. The number of hydrogen-bond donors (Lipinski definition) is 0. The zero-order valence-corrected chi connectivity index (χ0v) is 23.4. The number of ether oxygens (including phenoxy) is 8. The van der Waals surface area contributed by atoms with Crippen LogP contribution in [-0.4, -0.2) is 58.7 Å². The molecular formula is C31H31F3O9. The Kier molecular flexibility index (Phi) is 9.59. The van der Waals surface area contributed by atoms with Crippen molar-refractivity contribution in [3.8, 4) is 28.7 Å². The number of carbonyl (C=O) groups is 1. The maximum absolute atomic E-state index is 13.8. The van der Waals surface area contributed by atoms with Crippen molar-refractivity contribution in [1.82, 2.24) is 0 Å². The third-order valence-corrected chi connectivity index (χ3v) is 6.94. The second-order valence-electron chi connectivity index (χ2n) is 10.2. The van der Waals surface area contributed by atoms with Crippen LogP contribution >= 0.6 is 0 Å². The van der Waals surface area contributed by atoms with E-state index in [0.29, 0.717) is 56.3 Å². The van der Waals surface area contributed by atoms with Crippen molar-refractivity contribution in [3.63, 3.8) is 0 Å². The van der Waals surface area contributed by atoms with Gasteiger partial charge in [0.05, 0.1) is 32.0 Å². The van der Waals surface area contributed by atoms with Crippen molar-refractivity contribution in [3.05, 3.63) is 77.9 Å². The van der Waals surface area contributed by atoms with E-state index in [-0.39, 0.29) is 29.6 Å². The van der Waals surface area contributed by atoms with E-state index in [9.17, 15) is 18.0 Å². The molecule has 9 nitrogen and oxygen atoms in total. The van der Waals surface area contributed by atoms with Crippen molar-refractivity contribution in [2.45, 2.75) is 25.6 Å². The normalized spacial score (nSPS) is 17.0. The van der Waals surface area contributed by atoms with Gasteiger partial charge in [0.25, 0.3) is 0 Å². The highest BCUT2D eigenvalue weighted by molar-refractivity contribution is 5.91. The summed E-state index contributed by atoms with van der Waals surface area (Å²) in [5.41, 5.74) is -0.950. The van der Waals surface area contributed by atoms with Crippen LogP contribution in [0.15, 0.2) is 66.7 Å². The van der Waals surface area contributed by atoms with Crippen molar-refractivity contribution in [1.29, 1.82) is 0 Å². The smallest absolute Gasteiger partial charge is 0.420 e. The first kappa shape index (κ1) is 30.5. The fourth-order valence-electron chi connectivity index (χ4n) is 4.07. The molecule has 1 unspecified atom stereocenters. The molecule has 0 amide bonds. The molecule has 0 saturated carbocycles. The zero-order chi connectivity index (χ0) is 30.3. The second-order valence-corrected chi connectivity index (χ2v) is 10.2. The number of hydrogen-bond acceptors (Lipinski definition) is 9. The largest absolute Gasteiger partial charge is 0.491 e. The molecule has 0 aromatic heterocycles. The van der Waals surface area contributed by atoms with Crippen molar-refractivity contribution in [2.24, 2.45) is 5.41 Å². The van der Waals surface area contributed by atoms with Crippen LogP contribution in [0.3, 0.4) is 0 Å². The van der Waals surface area contributed by atoms with Gasteiger partial charge in [0.1, 0.15) is 47.0 Å². The highest BCUT2D eigenvalue weighted by Crippen LogP contribution is 2.39. The highest BCUT2D eigenvalue weighted by Gasteiger charge is 2.37. The summed E-state index contributed by atoms with van der Waals surface area (Å²) in [7, 11) is 0. The summed E-state index contributed by atoms with van der Waals surface area (Å²) < 4.78 is 84.2. The van der Waals surface area contributed by atoms with Crippen molar-refractivity contribution < 1.29 is 55.9 Å². The lowest BCUT2D eigenvalue weighted by atomic mass is 9.84. The Balaban J connectivity index is 1.11. The van der Waals surface area contributed by atoms with Crippen LogP contribution in [0.2, 0.25) is 0 Å². The van der Waals surface area contributed by atoms with E-state index in [1.54, 1.807) is 36.4 Å². The van der Waals surface area contributed by atoms with Crippen LogP contribution in [0.4, 0.5) is 13.2 Å². The van der Waals surface area contributed by atoms with Crippen LogP contribution in [0.25, 0.3) is 0 Å². The molecule has 0 spiro atoms. The first-order chi connectivity index (χ1) is 20.7. The number of halogens is 3. The summed E-state index contributed by atoms with van der Waals surface area (Å²) >= 11 is 0. The fraction of sp³-hybridized carbons (Fsp3) is 0.387. The van der Waals surface area contributed by atoms with Crippen LogP contribution in [0.1, 0.15) is 29.3 Å². The average Bonchev–Trinajstić information content (AvgIpc) is 3.81. The molecule has 0 aliphatic carbocycles. The predicted molar refractivity (Wildman–Crippen MR) is 146 cm³/mol. The SMILES string of the molecule is CCC1(COCOc2ccc(C(=O)Oc3ccc(OCOc4ccc(OCC5CO5)cc4)c(C(F)(F)F)c3)cc2)COC1. The van der Waals surface area contributed by atoms with Gasteiger partial charge in [0, 0.05) is 5.41 Å². The molecule has 12 heteroatoms. The standard InChI is InChI=1S/C31H31F3O9/c1-2-30(16-36-17-30)18-37-19-40-23-5-3-21(4-6-23)29(35)43-25-11-12-28(27(13-25)31(32,33)34)42-20-41-24-9-7-22(8-10-24)38-14-26-15-39-26/h3-13,26H,2,14-20H2,1H3. The molecule has 3 aromatic carbocycles. The van der Waals surface area contributed by atoms with E-state index in [1.807, 2.05) is 0 Å². The average molecular weight is 605 g/mol. The molecule has 43 heavy (non-hydrogen) atoms. The number of rotatable bonds is 15. The van der Waals surface area contributed by atoms with Crippen LogP contribution in [-0.2, 0) is 20.4 Å². The lowest BCUT2D eigenvalue weighted by Crippen LogP contribution is -2.45.